The quantitative estimate of drug-likeness (QED) is 0.301. The van der Waals surface area contributed by atoms with Crippen molar-refractivity contribution in [2.75, 3.05) is 49.1 Å². The summed E-state index contributed by atoms with van der Waals surface area (Å²) in [5, 5.41) is 13.8. The highest BCUT2D eigenvalue weighted by Crippen LogP contribution is 2.31. The summed E-state index contributed by atoms with van der Waals surface area (Å²) in [5.41, 5.74) is 2.18. The van der Waals surface area contributed by atoms with E-state index in [0.29, 0.717) is 0 Å². The first-order chi connectivity index (χ1) is 18.0. The Morgan fingerprint density at radius 2 is 1.89 bits per heavy atom. The predicted octanol–water partition coefficient (Wildman–Crippen LogP) is 1.64. The molecule has 1 aromatic carbocycles. The van der Waals surface area contributed by atoms with E-state index >= 15 is 8.78 Å². The van der Waals surface area contributed by atoms with Gasteiger partial charge in [-0.15, -0.1) is 0 Å². The number of rotatable bonds is 7. The number of alkyl halides is 2. The van der Waals surface area contributed by atoms with E-state index in [-0.39, 0.29) is 44.2 Å². The number of furan rings is 1. The molecule has 0 spiro atoms. The van der Waals surface area contributed by atoms with Crippen molar-refractivity contribution >= 4 is 35.2 Å². The van der Waals surface area contributed by atoms with Crippen LogP contribution in [-0.4, -0.2) is 79.6 Å². The van der Waals surface area contributed by atoms with Crippen LogP contribution in [0.2, 0.25) is 0 Å². The number of halogens is 4. The standard InChI is InChI=1S/C21H20F4N6O7/c22-13-7-11(29-10-12(37-21(29)34)9-26-19(32)18(24)25)8-14(23)17(13)28-4-3-27-30(6-5-28)20(33)15-1-2-16(38-15)31(35)36/h1-2,7-8,12,18,27H,3-6,9-10H2,(H,26,32)/t12-/m0/s1. The number of anilines is 2. The normalized spacial score (nSPS) is 18.0. The molecule has 1 atom stereocenters. The van der Waals surface area contributed by atoms with Gasteiger partial charge in [0.15, 0.2) is 11.6 Å². The van der Waals surface area contributed by atoms with Crippen LogP contribution in [0.3, 0.4) is 0 Å². The molecule has 2 N–H and O–H groups in total. The number of carbonyl (C=O) groups is 3. The Morgan fingerprint density at radius 3 is 2.53 bits per heavy atom. The number of hydrogen-bond acceptors (Lipinski definition) is 9. The maximum absolute atomic E-state index is 15.1. The van der Waals surface area contributed by atoms with Gasteiger partial charge in [0.2, 0.25) is 5.76 Å². The molecular weight excluding hydrogens is 524 g/mol. The lowest BCUT2D eigenvalue weighted by molar-refractivity contribution is -0.402. The van der Waals surface area contributed by atoms with Gasteiger partial charge in [-0.05, 0) is 6.07 Å². The lowest BCUT2D eigenvalue weighted by Crippen LogP contribution is -2.43. The second-order valence-electron chi connectivity index (χ2n) is 8.17. The third-order valence-electron chi connectivity index (χ3n) is 5.71. The van der Waals surface area contributed by atoms with Gasteiger partial charge < -0.3 is 19.4 Å². The Labute approximate surface area is 211 Å². The molecule has 2 aliphatic rings. The molecule has 3 amide bonds. The third-order valence-corrected chi connectivity index (χ3v) is 5.71. The van der Waals surface area contributed by atoms with E-state index < -0.39 is 65.1 Å². The molecule has 3 heterocycles. The zero-order valence-electron chi connectivity index (χ0n) is 19.4. The van der Waals surface area contributed by atoms with Gasteiger partial charge in [0.25, 0.3) is 5.91 Å². The molecule has 0 saturated carbocycles. The minimum absolute atomic E-state index is 0.0214. The molecular formula is C21H20F4N6O7. The first kappa shape index (κ1) is 26.6. The van der Waals surface area contributed by atoms with Crippen molar-refractivity contribution in [2.24, 2.45) is 0 Å². The molecule has 0 bridgehead atoms. The van der Waals surface area contributed by atoms with Gasteiger partial charge in [-0.1, -0.05) is 0 Å². The predicted molar refractivity (Wildman–Crippen MR) is 120 cm³/mol. The van der Waals surface area contributed by atoms with Crippen LogP contribution in [-0.2, 0) is 9.53 Å². The zero-order chi connectivity index (χ0) is 27.6. The van der Waals surface area contributed by atoms with E-state index in [4.69, 9.17) is 9.15 Å². The van der Waals surface area contributed by atoms with Crippen molar-refractivity contribution in [3.8, 4) is 0 Å². The van der Waals surface area contributed by atoms with E-state index in [1.165, 1.54) is 4.90 Å². The number of hydrogen-bond donors (Lipinski definition) is 2. The molecule has 0 radical (unpaired) electrons. The van der Waals surface area contributed by atoms with Crippen molar-refractivity contribution in [3.63, 3.8) is 0 Å². The summed E-state index contributed by atoms with van der Waals surface area (Å²) < 4.78 is 64.7. The molecule has 2 aromatic rings. The fourth-order valence-corrected chi connectivity index (χ4v) is 3.94. The van der Waals surface area contributed by atoms with Crippen molar-refractivity contribution < 1.29 is 46.0 Å². The number of hydrazine groups is 1. The Morgan fingerprint density at radius 1 is 1.18 bits per heavy atom. The summed E-state index contributed by atoms with van der Waals surface area (Å²) in [6, 6.07) is 3.98. The number of amides is 3. The highest BCUT2D eigenvalue weighted by molar-refractivity contribution is 5.91. The van der Waals surface area contributed by atoms with Gasteiger partial charge in [-0.2, -0.15) is 8.78 Å². The largest absolute Gasteiger partial charge is 0.442 e. The van der Waals surface area contributed by atoms with Gasteiger partial charge in [0, 0.05) is 31.8 Å². The number of ether oxygens (including phenoxy) is 1. The Hall–Kier alpha value is -4.41. The fourth-order valence-electron chi connectivity index (χ4n) is 3.94. The summed E-state index contributed by atoms with van der Waals surface area (Å²) in [5.74, 6) is -5.17. The van der Waals surface area contributed by atoms with Crippen molar-refractivity contribution in [2.45, 2.75) is 12.5 Å². The van der Waals surface area contributed by atoms with Crippen LogP contribution in [0.1, 0.15) is 10.6 Å². The number of nitrogens with one attached hydrogen (secondary N) is 2. The highest BCUT2D eigenvalue weighted by Gasteiger charge is 2.35. The summed E-state index contributed by atoms with van der Waals surface area (Å²) in [7, 11) is 0. The Kier molecular flexibility index (Phi) is 7.65. The summed E-state index contributed by atoms with van der Waals surface area (Å²) in [6.07, 6.45) is -5.23. The highest BCUT2D eigenvalue weighted by atomic mass is 19.3. The van der Waals surface area contributed by atoms with Crippen LogP contribution < -0.4 is 20.5 Å². The second-order valence-corrected chi connectivity index (χ2v) is 8.17. The fraction of sp³-hybridized carbons (Fsp3) is 0.381. The minimum Gasteiger partial charge on any atom is -0.442 e. The van der Waals surface area contributed by atoms with Gasteiger partial charge in [0.05, 0.1) is 31.4 Å². The summed E-state index contributed by atoms with van der Waals surface area (Å²) >= 11 is 0. The number of nitrogens with zero attached hydrogens (tertiary/aromatic N) is 4. The molecule has 38 heavy (non-hydrogen) atoms. The van der Waals surface area contributed by atoms with Gasteiger partial charge in [0.1, 0.15) is 16.7 Å². The monoisotopic (exact) mass is 544 g/mol. The van der Waals surface area contributed by atoms with Crippen LogP contribution >= 0.6 is 0 Å². The van der Waals surface area contributed by atoms with Crippen LogP contribution in [0, 0.1) is 21.7 Å². The molecule has 0 unspecified atom stereocenters. The SMILES string of the molecule is O=C(NC[C@H]1CN(c2cc(F)c(N3CCNN(C(=O)c4ccc([N+](=O)[O-])o4)CC3)c(F)c2)C(=O)O1)C(F)F. The van der Waals surface area contributed by atoms with Crippen LogP contribution in [0.5, 0.6) is 0 Å². The van der Waals surface area contributed by atoms with E-state index in [1.807, 2.05) is 5.32 Å². The maximum atomic E-state index is 15.1. The van der Waals surface area contributed by atoms with Crippen molar-refractivity contribution in [1.29, 1.82) is 0 Å². The van der Waals surface area contributed by atoms with E-state index in [1.54, 1.807) is 0 Å². The molecule has 204 valence electrons. The number of benzene rings is 1. The third kappa shape index (κ3) is 5.61. The van der Waals surface area contributed by atoms with E-state index in [2.05, 4.69) is 5.43 Å². The van der Waals surface area contributed by atoms with Gasteiger partial charge >= 0.3 is 24.3 Å². The molecule has 2 aliphatic heterocycles. The van der Waals surface area contributed by atoms with E-state index in [0.717, 1.165) is 34.2 Å². The Balaban J connectivity index is 1.42. The van der Waals surface area contributed by atoms with Gasteiger partial charge in [-0.25, -0.2) is 19.0 Å². The molecule has 1 aromatic heterocycles. The molecule has 4 rings (SSSR count). The van der Waals surface area contributed by atoms with Crippen LogP contribution in [0.15, 0.2) is 28.7 Å². The maximum Gasteiger partial charge on any atom is 0.433 e. The number of carbonyl (C=O) groups excluding carboxylic acids is 3. The topological polar surface area (TPSA) is 151 Å². The van der Waals surface area contributed by atoms with Crippen molar-refractivity contribution in [1.82, 2.24) is 15.8 Å². The molecule has 0 aliphatic carbocycles. The lowest BCUT2D eigenvalue weighted by Gasteiger charge is -2.25. The molecule has 17 heteroatoms. The van der Waals surface area contributed by atoms with Crippen molar-refractivity contribution in [3.05, 3.63) is 51.8 Å². The molecule has 2 saturated heterocycles. The number of nitro groups is 1. The number of cyclic esters (lactones) is 1. The van der Waals surface area contributed by atoms with E-state index in [9.17, 15) is 33.3 Å². The van der Waals surface area contributed by atoms with Gasteiger partial charge in [-0.3, -0.25) is 29.6 Å². The molecule has 13 nitrogen and oxygen atoms in total. The Bertz CT molecular complexity index is 1240. The van der Waals surface area contributed by atoms with Crippen LogP contribution in [0.4, 0.5) is 39.6 Å². The average Bonchev–Trinajstić information content (AvgIpc) is 3.43. The minimum atomic E-state index is -3.25. The average molecular weight is 544 g/mol. The first-order valence-corrected chi connectivity index (χ1v) is 11.1. The lowest BCUT2D eigenvalue weighted by atomic mass is 10.2. The zero-order valence-corrected chi connectivity index (χ0v) is 19.4. The summed E-state index contributed by atoms with van der Waals surface area (Å²) in [6.45, 7) is -0.566. The smallest absolute Gasteiger partial charge is 0.433 e. The first-order valence-electron chi connectivity index (χ1n) is 11.1. The second kappa shape index (κ2) is 10.9. The molecule has 2 fully saturated rings. The summed E-state index contributed by atoms with van der Waals surface area (Å²) in [4.78, 5) is 48.0. The van der Waals surface area contributed by atoms with Crippen LogP contribution in [0.25, 0.3) is 0 Å².